The van der Waals surface area contributed by atoms with Crippen LogP contribution < -0.4 is 0 Å². The van der Waals surface area contributed by atoms with Gasteiger partial charge in [-0.3, -0.25) is 0 Å². The highest BCUT2D eigenvalue weighted by molar-refractivity contribution is 5.70. The van der Waals surface area contributed by atoms with E-state index in [2.05, 4.69) is 28.2 Å². The highest BCUT2D eigenvalue weighted by Crippen LogP contribution is 2.17. The van der Waals surface area contributed by atoms with E-state index in [-0.39, 0.29) is 0 Å². The van der Waals surface area contributed by atoms with Gasteiger partial charge in [0.15, 0.2) is 5.82 Å². The molecule has 0 amide bonds. The van der Waals surface area contributed by atoms with Crippen molar-refractivity contribution in [3.05, 3.63) is 42.0 Å². The van der Waals surface area contributed by atoms with Gasteiger partial charge in [0.25, 0.3) is 0 Å². The molecule has 13 heavy (non-hydrogen) atoms. The van der Waals surface area contributed by atoms with E-state index in [4.69, 9.17) is 0 Å². The van der Waals surface area contributed by atoms with E-state index < -0.39 is 0 Å². The Bertz CT molecular complexity index is 347. The van der Waals surface area contributed by atoms with E-state index in [1.54, 1.807) is 0 Å². The minimum atomic E-state index is 0.835. The lowest BCUT2D eigenvalue weighted by Gasteiger charge is -2.04. The number of allylic oxidation sites excluding steroid dienone is 4. The van der Waals surface area contributed by atoms with Crippen molar-refractivity contribution in [1.29, 1.82) is 0 Å². The summed E-state index contributed by atoms with van der Waals surface area (Å²) in [5.74, 6) is 0.835. The van der Waals surface area contributed by atoms with Crippen molar-refractivity contribution in [3.63, 3.8) is 0 Å². The van der Waals surface area contributed by atoms with Crippen LogP contribution in [0.1, 0.15) is 24.2 Å². The SMILES string of the molecule is Cc1cnc(C2=CCCC=C2)nc1. The van der Waals surface area contributed by atoms with Crippen molar-refractivity contribution in [2.75, 3.05) is 0 Å². The molecule has 1 aromatic rings. The molecule has 1 aliphatic carbocycles. The number of aryl methyl sites for hydroxylation is 1. The second-order valence-electron chi connectivity index (χ2n) is 3.22. The molecule has 0 radical (unpaired) electrons. The second kappa shape index (κ2) is 3.52. The molecule has 0 unspecified atom stereocenters. The van der Waals surface area contributed by atoms with Gasteiger partial charge in [0.1, 0.15) is 0 Å². The Kier molecular flexibility index (Phi) is 2.21. The molecule has 2 heteroatoms. The van der Waals surface area contributed by atoms with Crippen LogP contribution in [0, 0.1) is 6.92 Å². The molecule has 1 aliphatic rings. The third-order valence-corrected chi connectivity index (χ3v) is 2.03. The molecular formula is C11H12N2. The van der Waals surface area contributed by atoms with Gasteiger partial charge in [-0.1, -0.05) is 18.2 Å². The van der Waals surface area contributed by atoms with E-state index >= 15 is 0 Å². The summed E-state index contributed by atoms with van der Waals surface area (Å²) in [6, 6.07) is 0. The lowest BCUT2D eigenvalue weighted by atomic mass is 10.1. The first-order valence-electron chi connectivity index (χ1n) is 4.52. The highest BCUT2D eigenvalue weighted by Gasteiger charge is 2.02. The second-order valence-corrected chi connectivity index (χ2v) is 3.22. The third kappa shape index (κ3) is 1.83. The van der Waals surface area contributed by atoms with Gasteiger partial charge in [0.05, 0.1) is 0 Å². The van der Waals surface area contributed by atoms with Gasteiger partial charge in [-0.25, -0.2) is 9.97 Å². The quantitative estimate of drug-likeness (QED) is 0.650. The third-order valence-electron chi connectivity index (χ3n) is 2.03. The monoisotopic (exact) mass is 172 g/mol. The molecule has 1 heterocycles. The number of rotatable bonds is 1. The van der Waals surface area contributed by atoms with E-state index in [1.807, 2.05) is 19.3 Å². The molecule has 0 N–H and O–H groups in total. The summed E-state index contributed by atoms with van der Waals surface area (Å²) >= 11 is 0. The van der Waals surface area contributed by atoms with Crippen LogP contribution in [0.25, 0.3) is 5.57 Å². The fraction of sp³-hybridized carbons (Fsp3) is 0.273. The normalized spacial score (nSPS) is 15.6. The van der Waals surface area contributed by atoms with Gasteiger partial charge in [-0.05, 0) is 25.3 Å². The van der Waals surface area contributed by atoms with Crippen molar-refractivity contribution in [3.8, 4) is 0 Å². The first-order chi connectivity index (χ1) is 6.36. The summed E-state index contributed by atoms with van der Waals surface area (Å²) in [6.07, 6.45) is 12.4. The van der Waals surface area contributed by atoms with Crippen LogP contribution in [0.15, 0.2) is 30.6 Å². The van der Waals surface area contributed by atoms with Crippen molar-refractivity contribution in [2.45, 2.75) is 19.8 Å². The topological polar surface area (TPSA) is 25.8 Å². The molecule has 2 rings (SSSR count). The Morgan fingerprint density at radius 1 is 1.15 bits per heavy atom. The molecule has 0 aliphatic heterocycles. The highest BCUT2D eigenvalue weighted by atomic mass is 14.9. The van der Waals surface area contributed by atoms with Crippen LogP contribution >= 0.6 is 0 Å². The minimum absolute atomic E-state index is 0.835. The first kappa shape index (κ1) is 8.17. The summed E-state index contributed by atoms with van der Waals surface area (Å²) in [5.41, 5.74) is 2.25. The first-order valence-corrected chi connectivity index (χ1v) is 4.52. The van der Waals surface area contributed by atoms with Gasteiger partial charge in [0.2, 0.25) is 0 Å². The van der Waals surface area contributed by atoms with Crippen molar-refractivity contribution < 1.29 is 0 Å². The van der Waals surface area contributed by atoms with E-state index in [1.165, 1.54) is 0 Å². The number of hydrogen-bond donors (Lipinski definition) is 0. The Morgan fingerprint density at radius 2 is 1.92 bits per heavy atom. The molecule has 1 aromatic heterocycles. The van der Waals surface area contributed by atoms with Gasteiger partial charge in [-0.15, -0.1) is 0 Å². The minimum Gasteiger partial charge on any atom is -0.236 e. The zero-order chi connectivity index (χ0) is 9.10. The molecule has 0 aromatic carbocycles. The number of aromatic nitrogens is 2. The van der Waals surface area contributed by atoms with Crippen molar-refractivity contribution in [1.82, 2.24) is 9.97 Å². The maximum atomic E-state index is 4.27. The van der Waals surface area contributed by atoms with Crippen LogP contribution in [0.2, 0.25) is 0 Å². The molecule has 0 fully saturated rings. The van der Waals surface area contributed by atoms with Crippen LogP contribution in [0.3, 0.4) is 0 Å². The van der Waals surface area contributed by atoms with Crippen LogP contribution in [-0.4, -0.2) is 9.97 Å². The molecule has 0 spiro atoms. The Labute approximate surface area is 78.0 Å². The number of hydrogen-bond acceptors (Lipinski definition) is 2. The zero-order valence-electron chi connectivity index (χ0n) is 7.70. The van der Waals surface area contributed by atoms with Crippen LogP contribution in [0.4, 0.5) is 0 Å². The predicted octanol–water partition coefficient (Wildman–Crippen LogP) is 2.52. The Hall–Kier alpha value is -1.44. The molecule has 0 bridgehead atoms. The van der Waals surface area contributed by atoms with Gasteiger partial charge >= 0.3 is 0 Å². The Balaban J connectivity index is 2.30. The summed E-state index contributed by atoms with van der Waals surface area (Å²) in [5, 5.41) is 0. The smallest absolute Gasteiger partial charge is 0.158 e. The lowest BCUT2D eigenvalue weighted by Crippen LogP contribution is -1.94. The molecular weight excluding hydrogens is 160 g/mol. The lowest BCUT2D eigenvalue weighted by molar-refractivity contribution is 1.02. The molecule has 2 nitrogen and oxygen atoms in total. The standard InChI is InChI=1S/C11H12N2/c1-9-7-12-11(13-8-9)10-5-3-2-4-6-10/h3,5-8H,2,4H2,1H3. The summed E-state index contributed by atoms with van der Waals surface area (Å²) in [4.78, 5) is 8.54. The summed E-state index contributed by atoms with van der Waals surface area (Å²) < 4.78 is 0. The van der Waals surface area contributed by atoms with Crippen LogP contribution in [0.5, 0.6) is 0 Å². The molecule has 0 saturated heterocycles. The van der Waals surface area contributed by atoms with Crippen molar-refractivity contribution in [2.24, 2.45) is 0 Å². The van der Waals surface area contributed by atoms with Gasteiger partial charge in [0, 0.05) is 18.0 Å². The fourth-order valence-corrected chi connectivity index (χ4v) is 1.32. The fourth-order valence-electron chi connectivity index (χ4n) is 1.32. The average molecular weight is 172 g/mol. The van der Waals surface area contributed by atoms with Crippen molar-refractivity contribution >= 4 is 5.57 Å². The van der Waals surface area contributed by atoms with Gasteiger partial charge in [-0.2, -0.15) is 0 Å². The molecule has 66 valence electrons. The van der Waals surface area contributed by atoms with Crippen LogP contribution in [-0.2, 0) is 0 Å². The van der Waals surface area contributed by atoms with Gasteiger partial charge < -0.3 is 0 Å². The van der Waals surface area contributed by atoms with E-state index in [0.717, 1.165) is 29.8 Å². The predicted molar refractivity (Wildman–Crippen MR) is 53.1 cm³/mol. The van der Waals surface area contributed by atoms with E-state index in [9.17, 15) is 0 Å². The number of nitrogens with zero attached hydrogens (tertiary/aromatic N) is 2. The zero-order valence-corrected chi connectivity index (χ0v) is 7.70. The average Bonchev–Trinajstić information content (AvgIpc) is 2.20. The maximum absolute atomic E-state index is 4.27. The summed E-state index contributed by atoms with van der Waals surface area (Å²) in [7, 11) is 0. The summed E-state index contributed by atoms with van der Waals surface area (Å²) in [6.45, 7) is 1.99. The van der Waals surface area contributed by atoms with E-state index in [0.29, 0.717) is 0 Å². The molecule has 0 saturated carbocycles. The largest absolute Gasteiger partial charge is 0.236 e. The molecule has 0 atom stereocenters. The Morgan fingerprint density at radius 3 is 2.54 bits per heavy atom. The maximum Gasteiger partial charge on any atom is 0.158 e.